The van der Waals surface area contributed by atoms with E-state index < -0.39 is 0 Å². The maximum atomic E-state index is 4.68. The Labute approximate surface area is 131 Å². The Hall–Kier alpha value is -2.29. The maximum Gasteiger partial charge on any atom is 0.160 e. The van der Waals surface area contributed by atoms with E-state index in [1.54, 1.807) is 0 Å². The lowest BCUT2D eigenvalue weighted by Gasteiger charge is -2.30. The number of nitrogens with zero attached hydrogens (tertiary/aromatic N) is 3. The maximum absolute atomic E-state index is 4.68. The van der Waals surface area contributed by atoms with E-state index in [4.69, 9.17) is 0 Å². The molecule has 3 nitrogen and oxygen atoms in total. The van der Waals surface area contributed by atoms with Gasteiger partial charge in [-0.05, 0) is 32.3 Å². The number of hydrogen-bond acceptors (Lipinski definition) is 2. The fourth-order valence-electron chi connectivity index (χ4n) is 3.33. The van der Waals surface area contributed by atoms with Gasteiger partial charge in [0.1, 0.15) is 0 Å². The van der Waals surface area contributed by atoms with Crippen molar-refractivity contribution in [2.24, 2.45) is 0 Å². The molecule has 3 heteroatoms. The Kier molecular flexibility index (Phi) is 2.80. The van der Waals surface area contributed by atoms with Crippen LogP contribution in [-0.2, 0) is 5.41 Å². The van der Waals surface area contributed by atoms with Crippen molar-refractivity contribution < 1.29 is 0 Å². The van der Waals surface area contributed by atoms with Gasteiger partial charge in [-0.3, -0.25) is 0 Å². The summed E-state index contributed by atoms with van der Waals surface area (Å²) in [6.07, 6.45) is 6.76. The van der Waals surface area contributed by atoms with E-state index in [1.807, 2.05) is 0 Å². The highest BCUT2D eigenvalue weighted by molar-refractivity contribution is 5.64. The van der Waals surface area contributed by atoms with Crippen LogP contribution < -0.4 is 0 Å². The Bertz CT molecular complexity index is 763. The third kappa shape index (κ3) is 1.92. The van der Waals surface area contributed by atoms with Gasteiger partial charge in [0.05, 0.1) is 11.4 Å². The lowest BCUT2D eigenvalue weighted by Crippen LogP contribution is -2.29. The van der Waals surface area contributed by atoms with Crippen LogP contribution in [0.5, 0.6) is 0 Å². The lowest BCUT2D eigenvalue weighted by molar-refractivity contribution is 0.449. The molecule has 22 heavy (non-hydrogen) atoms. The molecule has 0 atom stereocenters. The van der Waals surface area contributed by atoms with E-state index in [9.17, 15) is 0 Å². The number of fused-ring (bicyclic) bond motifs is 1. The fourth-order valence-corrected chi connectivity index (χ4v) is 3.33. The number of imidazole rings is 1. The first kappa shape index (κ1) is 13.4. The number of hydrogen-bond donors (Lipinski definition) is 0. The molecule has 1 aromatic heterocycles. The SMILES string of the molecule is C=C1c2nc(C)c(C)n2C=CN1CC1(c2ccccc2)CC1. The highest BCUT2D eigenvalue weighted by atomic mass is 15.2. The second-order valence-corrected chi connectivity index (χ2v) is 6.50. The van der Waals surface area contributed by atoms with Crippen LogP contribution in [0.4, 0.5) is 0 Å². The molecule has 0 spiro atoms. The van der Waals surface area contributed by atoms with Crippen LogP contribution in [0.3, 0.4) is 0 Å². The third-order valence-electron chi connectivity index (χ3n) is 5.10. The molecule has 1 aliphatic carbocycles. The highest BCUT2D eigenvalue weighted by Crippen LogP contribution is 2.49. The van der Waals surface area contributed by atoms with E-state index in [0.29, 0.717) is 0 Å². The van der Waals surface area contributed by atoms with E-state index in [-0.39, 0.29) is 5.41 Å². The van der Waals surface area contributed by atoms with Crippen LogP contribution in [0.1, 0.15) is 35.6 Å². The number of rotatable bonds is 3. The molecule has 1 aliphatic heterocycles. The van der Waals surface area contributed by atoms with Crippen LogP contribution >= 0.6 is 0 Å². The molecule has 0 N–H and O–H groups in total. The Morgan fingerprint density at radius 3 is 2.55 bits per heavy atom. The normalized spacial score (nSPS) is 18.5. The predicted molar refractivity (Wildman–Crippen MR) is 90.1 cm³/mol. The molecule has 0 bridgehead atoms. The van der Waals surface area contributed by atoms with Gasteiger partial charge in [0.2, 0.25) is 0 Å². The van der Waals surface area contributed by atoms with Crippen molar-refractivity contribution in [3.63, 3.8) is 0 Å². The van der Waals surface area contributed by atoms with Crippen molar-refractivity contribution in [1.82, 2.24) is 14.5 Å². The molecule has 112 valence electrons. The summed E-state index contributed by atoms with van der Waals surface area (Å²) in [6, 6.07) is 10.9. The summed E-state index contributed by atoms with van der Waals surface area (Å²) in [7, 11) is 0. The molecule has 0 saturated heterocycles. The summed E-state index contributed by atoms with van der Waals surface area (Å²) < 4.78 is 2.14. The minimum atomic E-state index is 0.285. The van der Waals surface area contributed by atoms with E-state index >= 15 is 0 Å². The first-order valence-corrected chi connectivity index (χ1v) is 7.86. The molecule has 4 rings (SSSR count). The average Bonchev–Trinajstić information content (AvgIpc) is 3.26. The molecule has 1 fully saturated rings. The Morgan fingerprint density at radius 1 is 1.14 bits per heavy atom. The zero-order valence-electron chi connectivity index (χ0n) is 13.2. The smallest absolute Gasteiger partial charge is 0.160 e. The number of benzene rings is 1. The first-order chi connectivity index (χ1) is 10.6. The van der Waals surface area contributed by atoms with Gasteiger partial charge >= 0.3 is 0 Å². The zero-order chi connectivity index (χ0) is 15.3. The van der Waals surface area contributed by atoms with Gasteiger partial charge in [0.25, 0.3) is 0 Å². The van der Waals surface area contributed by atoms with Gasteiger partial charge < -0.3 is 9.47 Å². The van der Waals surface area contributed by atoms with Crippen molar-refractivity contribution in [2.45, 2.75) is 32.1 Å². The topological polar surface area (TPSA) is 21.1 Å². The fraction of sp³-hybridized carbons (Fsp3) is 0.316. The summed E-state index contributed by atoms with van der Waals surface area (Å²) >= 11 is 0. The standard InChI is InChI=1S/C19H21N3/c1-14-15(2)22-12-11-21(16(3)18(22)20-14)13-19(9-10-19)17-7-5-4-6-8-17/h4-8,11-12H,3,9-10,13H2,1-2H3. The van der Waals surface area contributed by atoms with Crippen LogP contribution in [0.25, 0.3) is 11.9 Å². The van der Waals surface area contributed by atoms with Crippen LogP contribution in [0, 0.1) is 13.8 Å². The lowest BCUT2D eigenvalue weighted by atomic mass is 9.95. The average molecular weight is 291 g/mol. The summed E-state index contributed by atoms with van der Waals surface area (Å²) in [6.45, 7) is 9.43. The van der Waals surface area contributed by atoms with Gasteiger partial charge in [-0.2, -0.15) is 0 Å². The quantitative estimate of drug-likeness (QED) is 0.854. The molecular formula is C19H21N3. The van der Waals surface area contributed by atoms with Crippen molar-refractivity contribution in [3.8, 4) is 0 Å². The number of aryl methyl sites for hydroxylation is 1. The molecule has 2 aromatic rings. The molecule has 0 radical (unpaired) electrons. The summed E-state index contributed by atoms with van der Waals surface area (Å²) in [4.78, 5) is 6.94. The van der Waals surface area contributed by atoms with Gasteiger partial charge in [-0.15, -0.1) is 0 Å². The zero-order valence-corrected chi connectivity index (χ0v) is 13.2. The Balaban J connectivity index is 1.62. The van der Waals surface area contributed by atoms with Crippen LogP contribution in [0.15, 0.2) is 43.1 Å². The molecular weight excluding hydrogens is 270 g/mol. The van der Waals surface area contributed by atoms with E-state index in [2.05, 4.69) is 77.6 Å². The molecule has 0 unspecified atom stereocenters. The van der Waals surface area contributed by atoms with Crippen molar-refractivity contribution in [3.05, 3.63) is 65.9 Å². The van der Waals surface area contributed by atoms with Gasteiger partial charge in [0, 0.05) is 30.1 Å². The second-order valence-electron chi connectivity index (χ2n) is 6.50. The van der Waals surface area contributed by atoms with Crippen LogP contribution in [-0.4, -0.2) is 21.0 Å². The molecule has 2 heterocycles. The molecule has 2 aliphatic rings. The minimum absolute atomic E-state index is 0.285. The van der Waals surface area contributed by atoms with Crippen LogP contribution in [0.2, 0.25) is 0 Å². The minimum Gasteiger partial charge on any atom is -0.343 e. The molecule has 1 aromatic carbocycles. The monoisotopic (exact) mass is 291 g/mol. The largest absolute Gasteiger partial charge is 0.343 e. The third-order valence-corrected chi connectivity index (χ3v) is 5.10. The second kappa shape index (κ2) is 4.60. The summed E-state index contributed by atoms with van der Waals surface area (Å²) in [5, 5.41) is 0. The molecule has 0 amide bonds. The van der Waals surface area contributed by atoms with Crippen molar-refractivity contribution in [1.29, 1.82) is 0 Å². The van der Waals surface area contributed by atoms with Gasteiger partial charge in [0.15, 0.2) is 5.82 Å². The predicted octanol–water partition coefficient (Wildman–Crippen LogP) is 3.95. The van der Waals surface area contributed by atoms with Gasteiger partial charge in [-0.1, -0.05) is 36.9 Å². The summed E-state index contributed by atoms with van der Waals surface area (Å²) in [5.74, 6) is 0.973. The Morgan fingerprint density at radius 2 is 1.86 bits per heavy atom. The van der Waals surface area contributed by atoms with E-state index in [0.717, 1.165) is 23.8 Å². The van der Waals surface area contributed by atoms with E-state index in [1.165, 1.54) is 24.1 Å². The summed E-state index contributed by atoms with van der Waals surface area (Å²) in [5.41, 5.74) is 4.99. The van der Waals surface area contributed by atoms with Gasteiger partial charge in [-0.25, -0.2) is 4.98 Å². The van der Waals surface area contributed by atoms with Crippen molar-refractivity contribution in [2.75, 3.05) is 6.54 Å². The highest BCUT2D eigenvalue weighted by Gasteiger charge is 2.45. The first-order valence-electron chi connectivity index (χ1n) is 7.86. The van der Waals surface area contributed by atoms with Crippen molar-refractivity contribution >= 4 is 11.9 Å². The molecule has 1 saturated carbocycles. The number of aromatic nitrogens is 2.